The molecule has 0 saturated carbocycles. The Hall–Kier alpha value is -0.930. The molecular formula is C15H22N2S. The molecule has 0 atom stereocenters. The summed E-state index contributed by atoms with van der Waals surface area (Å²) >= 11 is 5.18. The quantitative estimate of drug-likeness (QED) is 0.849. The van der Waals surface area contributed by atoms with Crippen molar-refractivity contribution >= 4 is 17.2 Å². The first-order chi connectivity index (χ1) is 8.51. The molecular weight excluding hydrogens is 240 g/mol. The van der Waals surface area contributed by atoms with Gasteiger partial charge in [0, 0.05) is 12.0 Å². The predicted molar refractivity (Wildman–Crippen MR) is 80.6 cm³/mol. The van der Waals surface area contributed by atoms with E-state index in [-0.39, 0.29) is 5.41 Å². The molecule has 0 spiro atoms. The monoisotopic (exact) mass is 262 g/mol. The number of hydrogen-bond acceptors (Lipinski definition) is 2. The molecule has 0 radical (unpaired) electrons. The summed E-state index contributed by atoms with van der Waals surface area (Å²) in [6.07, 6.45) is 2.16. The molecule has 1 aliphatic heterocycles. The van der Waals surface area contributed by atoms with Crippen LogP contribution in [0.25, 0.3) is 0 Å². The predicted octanol–water partition coefficient (Wildman–Crippen LogP) is 2.88. The number of nitrogens with two attached hydrogens (primary N) is 1. The Labute approximate surface area is 115 Å². The molecule has 0 aliphatic carbocycles. The Morgan fingerprint density at radius 1 is 1.33 bits per heavy atom. The first-order valence-corrected chi connectivity index (χ1v) is 6.99. The molecule has 1 heterocycles. The molecule has 2 N–H and O–H groups in total. The van der Waals surface area contributed by atoms with E-state index < -0.39 is 0 Å². The second kappa shape index (κ2) is 5.37. The van der Waals surface area contributed by atoms with Gasteiger partial charge in [-0.1, -0.05) is 43.4 Å². The average molecular weight is 262 g/mol. The van der Waals surface area contributed by atoms with Crippen molar-refractivity contribution in [2.45, 2.75) is 33.2 Å². The number of aryl methyl sites for hydroxylation is 1. The molecule has 0 unspecified atom stereocenters. The molecule has 18 heavy (non-hydrogen) atoms. The lowest BCUT2D eigenvalue weighted by atomic mass is 9.80. The third-order valence-corrected chi connectivity index (χ3v) is 4.70. The van der Waals surface area contributed by atoms with Crippen LogP contribution in [0.5, 0.6) is 0 Å². The van der Waals surface area contributed by atoms with Gasteiger partial charge in [-0.3, -0.25) is 4.90 Å². The Kier molecular flexibility index (Phi) is 4.03. The van der Waals surface area contributed by atoms with Crippen molar-refractivity contribution in [3.05, 3.63) is 35.4 Å². The molecule has 1 saturated heterocycles. The molecule has 2 nitrogen and oxygen atoms in total. The Morgan fingerprint density at radius 3 is 2.50 bits per heavy atom. The molecule has 98 valence electrons. The summed E-state index contributed by atoms with van der Waals surface area (Å²) in [4.78, 5) is 3.18. The number of benzene rings is 1. The van der Waals surface area contributed by atoms with Gasteiger partial charge < -0.3 is 5.73 Å². The van der Waals surface area contributed by atoms with Crippen molar-refractivity contribution in [3.8, 4) is 0 Å². The number of nitrogens with zero attached hydrogens (tertiary/aromatic N) is 1. The highest BCUT2D eigenvalue weighted by Gasteiger charge is 2.32. The van der Waals surface area contributed by atoms with Gasteiger partial charge in [-0.2, -0.15) is 0 Å². The standard InChI is InChI=1S/C15H22N2S/c1-12-5-3-4-6-13(12)11-17-9-7-15(2,8-10-17)14(16)18/h3-6H,7-11H2,1-2H3,(H2,16,18). The third-order valence-electron chi connectivity index (χ3n) is 4.21. The minimum atomic E-state index is 0.0670. The Bertz CT molecular complexity index is 434. The molecule has 1 fully saturated rings. The van der Waals surface area contributed by atoms with Crippen LogP contribution in [0, 0.1) is 12.3 Å². The molecule has 0 aromatic heterocycles. The maximum atomic E-state index is 5.84. The van der Waals surface area contributed by atoms with E-state index in [1.807, 2.05) is 0 Å². The number of thiocarbonyl (C=S) groups is 1. The van der Waals surface area contributed by atoms with Gasteiger partial charge in [0.2, 0.25) is 0 Å². The fourth-order valence-electron chi connectivity index (χ4n) is 2.48. The summed E-state index contributed by atoms with van der Waals surface area (Å²) in [5.74, 6) is 0. The van der Waals surface area contributed by atoms with E-state index in [2.05, 4.69) is 43.0 Å². The van der Waals surface area contributed by atoms with Gasteiger partial charge in [-0.05, 0) is 44.0 Å². The minimum Gasteiger partial charge on any atom is -0.393 e. The van der Waals surface area contributed by atoms with Gasteiger partial charge in [0.15, 0.2) is 0 Å². The van der Waals surface area contributed by atoms with Gasteiger partial charge in [0.1, 0.15) is 0 Å². The zero-order chi connectivity index (χ0) is 13.2. The normalized spacial score (nSPS) is 19.7. The smallest absolute Gasteiger partial charge is 0.0788 e. The lowest BCUT2D eigenvalue weighted by Crippen LogP contribution is -2.44. The van der Waals surface area contributed by atoms with Gasteiger partial charge in [0.05, 0.1) is 4.99 Å². The summed E-state index contributed by atoms with van der Waals surface area (Å²) in [7, 11) is 0. The highest BCUT2D eigenvalue weighted by Crippen LogP contribution is 2.31. The topological polar surface area (TPSA) is 29.3 Å². The van der Waals surface area contributed by atoms with E-state index in [4.69, 9.17) is 18.0 Å². The lowest BCUT2D eigenvalue weighted by molar-refractivity contribution is 0.157. The number of likely N-dealkylation sites (tertiary alicyclic amines) is 1. The van der Waals surface area contributed by atoms with E-state index in [1.165, 1.54) is 11.1 Å². The van der Waals surface area contributed by atoms with E-state index in [1.54, 1.807) is 0 Å². The van der Waals surface area contributed by atoms with Gasteiger partial charge in [-0.15, -0.1) is 0 Å². The summed E-state index contributed by atoms with van der Waals surface area (Å²) in [5, 5.41) is 0. The number of piperidine rings is 1. The lowest BCUT2D eigenvalue weighted by Gasteiger charge is -2.38. The Morgan fingerprint density at radius 2 is 1.94 bits per heavy atom. The van der Waals surface area contributed by atoms with Gasteiger partial charge in [-0.25, -0.2) is 0 Å². The number of hydrogen-bond donors (Lipinski definition) is 1. The van der Waals surface area contributed by atoms with Crippen LogP contribution in [0.3, 0.4) is 0 Å². The first kappa shape index (κ1) is 13.5. The second-order valence-corrected chi connectivity index (χ2v) is 6.07. The molecule has 1 aromatic rings. The zero-order valence-electron chi connectivity index (χ0n) is 11.3. The summed E-state index contributed by atoms with van der Waals surface area (Å²) in [5.41, 5.74) is 8.71. The van der Waals surface area contributed by atoms with E-state index in [0.717, 1.165) is 32.5 Å². The molecule has 0 bridgehead atoms. The van der Waals surface area contributed by atoms with Gasteiger partial charge in [0.25, 0.3) is 0 Å². The van der Waals surface area contributed by atoms with Crippen LogP contribution >= 0.6 is 12.2 Å². The largest absolute Gasteiger partial charge is 0.393 e. The maximum absolute atomic E-state index is 5.84. The van der Waals surface area contributed by atoms with Crippen molar-refractivity contribution in [1.29, 1.82) is 0 Å². The SMILES string of the molecule is Cc1ccccc1CN1CCC(C)(C(N)=S)CC1. The van der Waals surface area contributed by atoms with E-state index in [0.29, 0.717) is 4.99 Å². The summed E-state index contributed by atoms with van der Waals surface area (Å²) in [6, 6.07) is 8.61. The van der Waals surface area contributed by atoms with Crippen molar-refractivity contribution in [1.82, 2.24) is 4.90 Å². The van der Waals surface area contributed by atoms with Crippen LogP contribution in [-0.4, -0.2) is 23.0 Å². The molecule has 1 aromatic carbocycles. The van der Waals surface area contributed by atoms with Gasteiger partial charge >= 0.3 is 0 Å². The van der Waals surface area contributed by atoms with Crippen molar-refractivity contribution in [3.63, 3.8) is 0 Å². The van der Waals surface area contributed by atoms with Crippen molar-refractivity contribution in [2.24, 2.45) is 11.1 Å². The maximum Gasteiger partial charge on any atom is 0.0788 e. The van der Waals surface area contributed by atoms with E-state index >= 15 is 0 Å². The fourth-order valence-corrected chi connectivity index (χ4v) is 2.68. The molecule has 1 aliphatic rings. The van der Waals surface area contributed by atoms with Crippen LogP contribution in [-0.2, 0) is 6.54 Å². The van der Waals surface area contributed by atoms with E-state index in [9.17, 15) is 0 Å². The van der Waals surface area contributed by atoms with Crippen LogP contribution in [0.2, 0.25) is 0 Å². The molecule has 0 amide bonds. The van der Waals surface area contributed by atoms with Crippen LogP contribution in [0.4, 0.5) is 0 Å². The second-order valence-electron chi connectivity index (χ2n) is 5.63. The highest BCUT2D eigenvalue weighted by atomic mass is 32.1. The third kappa shape index (κ3) is 2.90. The highest BCUT2D eigenvalue weighted by molar-refractivity contribution is 7.80. The molecule has 3 heteroatoms. The minimum absolute atomic E-state index is 0.0670. The van der Waals surface area contributed by atoms with Crippen LogP contribution in [0.1, 0.15) is 30.9 Å². The van der Waals surface area contributed by atoms with Crippen molar-refractivity contribution in [2.75, 3.05) is 13.1 Å². The summed E-state index contributed by atoms with van der Waals surface area (Å²) in [6.45, 7) is 7.59. The Balaban J connectivity index is 1.95. The summed E-state index contributed by atoms with van der Waals surface area (Å²) < 4.78 is 0. The van der Waals surface area contributed by atoms with Crippen LogP contribution < -0.4 is 5.73 Å². The van der Waals surface area contributed by atoms with Crippen molar-refractivity contribution < 1.29 is 0 Å². The first-order valence-electron chi connectivity index (χ1n) is 6.58. The van der Waals surface area contributed by atoms with Crippen LogP contribution in [0.15, 0.2) is 24.3 Å². The fraction of sp³-hybridized carbons (Fsp3) is 0.533. The molecule has 2 rings (SSSR count). The average Bonchev–Trinajstić information content (AvgIpc) is 2.35. The number of rotatable bonds is 3. The zero-order valence-corrected chi connectivity index (χ0v) is 12.1.